The van der Waals surface area contributed by atoms with E-state index in [-0.39, 0.29) is 29.8 Å². The summed E-state index contributed by atoms with van der Waals surface area (Å²) in [6.07, 6.45) is 5.44. The highest BCUT2D eigenvalue weighted by Crippen LogP contribution is 2.08. The first-order valence-electron chi connectivity index (χ1n) is 8.30. The summed E-state index contributed by atoms with van der Waals surface area (Å²) < 4.78 is 15.6. The molecule has 0 radical (unpaired) electrons. The maximum Gasteiger partial charge on any atom is 0.191 e. The standard InChI is InChI=1S/C19H21FN6.HI/c1-14-22-9-10-26(14)18-8-7-15(11-23-18)12-24-19(21-2)25-13-16-5-3-4-6-17(16)20;/h3-11H,12-13H2,1-2H3,(H2,21,24,25);1H. The molecule has 0 aliphatic carbocycles. The van der Waals surface area contributed by atoms with E-state index in [1.807, 2.05) is 42.1 Å². The molecule has 3 aromatic rings. The summed E-state index contributed by atoms with van der Waals surface area (Å²) in [5.74, 6) is 2.08. The molecule has 2 N–H and O–H groups in total. The molecular formula is C19H22FIN6. The third-order valence-corrected chi connectivity index (χ3v) is 3.97. The number of aryl methyl sites for hydroxylation is 1. The average Bonchev–Trinajstić information content (AvgIpc) is 3.09. The van der Waals surface area contributed by atoms with Crippen molar-refractivity contribution in [3.63, 3.8) is 0 Å². The molecule has 2 aromatic heterocycles. The van der Waals surface area contributed by atoms with E-state index in [1.54, 1.807) is 25.4 Å². The van der Waals surface area contributed by atoms with Gasteiger partial charge in [-0.1, -0.05) is 24.3 Å². The number of hydrogen-bond donors (Lipinski definition) is 2. The van der Waals surface area contributed by atoms with Gasteiger partial charge in [-0.15, -0.1) is 24.0 Å². The number of guanidine groups is 1. The van der Waals surface area contributed by atoms with Gasteiger partial charge in [-0.25, -0.2) is 14.4 Å². The van der Waals surface area contributed by atoms with Gasteiger partial charge in [0.25, 0.3) is 0 Å². The largest absolute Gasteiger partial charge is 0.352 e. The van der Waals surface area contributed by atoms with Crippen molar-refractivity contribution >= 4 is 29.9 Å². The molecule has 0 aliphatic rings. The molecule has 0 saturated carbocycles. The number of nitrogens with one attached hydrogen (secondary N) is 2. The van der Waals surface area contributed by atoms with Gasteiger partial charge in [-0.2, -0.15) is 0 Å². The van der Waals surface area contributed by atoms with Crippen LogP contribution in [0.2, 0.25) is 0 Å². The van der Waals surface area contributed by atoms with Crippen LogP contribution in [0.15, 0.2) is 60.0 Å². The molecule has 0 spiro atoms. The smallest absolute Gasteiger partial charge is 0.191 e. The first kappa shape index (κ1) is 20.8. The van der Waals surface area contributed by atoms with Gasteiger partial charge in [0.05, 0.1) is 0 Å². The number of halogens is 2. The Balaban J connectivity index is 0.00000261. The maximum atomic E-state index is 13.7. The number of pyridine rings is 1. The minimum atomic E-state index is -0.231. The van der Waals surface area contributed by atoms with E-state index in [1.165, 1.54) is 6.07 Å². The lowest BCUT2D eigenvalue weighted by atomic mass is 10.2. The van der Waals surface area contributed by atoms with E-state index in [2.05, 4.69) is 25.6 Å². The normalized spacial score (nSPS) is 11.0. The second kappa shape index (κ2) is 10.0. The molecule has 0 unspecified atom stereocenters. The number of benzene rings is 1. The average molecular weight is 480 g/mol. The minimum Gasteiger partial charge on any atom is -0.352 e. The van der Waals surface area contributed by atoms with Crippen molar-refractivity contribution in [2.24, 2.45) is 4.99 Å². The summed E-state index contributed by atoms with van der Waals surface area (Å²) in [6, 6.07) is 10.6. The summed E-state index contributed by atoms with van der Waals surface area (Å²) in [7, 11) is 1.68. The van der Waals surface area contributed by atoms with Gasteiger partial charge in [-0.05, 0) is 24.6 Å². The summed E-state index contributed by atoms with van der Waals surface area (Å²) in [5.41, 5.74) is 1.61. The highest BCUT2D eigenvalue weighted by molar-refractivity contribution is 14.0. The second-order valence-corrected chi connectivity index (χ2v) is 5.74. The Kier molecular flexibility index (Phi) is 7.71. The van der Waals surface area contributed by atoms with E-state index in [9.17, 15) is 4.39 Å². The molecule has 0 bridgehead atoms. The number of aliphatic imine (C=N–C) groups is 1. The monoisotopic (exact) mass is 480 g/mol. The van der Waals surface area contributed by atoms with E-state index in [0.717, 1.165) is 17.2 Å². The Morgan fingerprint density at radius 3 is 2.52 bits per heavy atom. The molecule has 6 nitrogen and oxygen atoms in total. The number of hydrogen-bond acceptors (Lipinski definition) is 3. The predicted molar refractivity (Wildman–Crippen MR) is 115 cm³/mol. The summed E-state index contributed by atoms with van der Waals surface area (Å²) in [5, 5.41) is 6.30. The van der Waals surface area contributed by atoms with Crippen LogP contribution in [0.3, 0.4) is 0 Å². The van der Waals surface area contributed by atoms with E-state index in [0.29, 0.717) is 24.6 Å². The number of nitrogens with zero attached hydrogens (tertiary/aromatic N) is 4. The molecule has 0 amide bonds. The zero-order valence-corrected chi connectivity index (χ0v) is 17.5. The van der Waals surface area contributed by atoms with E-state index >= 15 is 0 Å². The van der Waals surface area contributed by atoms with Crippen LogP contribution in [0.4, 0.5) is 4.39 Å². The summed E-state index contributed by atoms with van der Waals surface area (Å²) >= 11 is 0. The Bertz CT molecular complexity index is 891. The van der Waals surface area contributed by atoms with Gasteiger partial charge in [0.1, 0.15) is 17.5 Å². The lowest BCUT2D eigenvalue weighted by Crippen LogP contribution is -2.36. The van der Waals surface area contributed by atoms with Gasteiger partial charge in [-0.3, -0.25) is 9.56 Å². The van der Waals surface area contributed by atoms with Crippen LogP contribution < -0.4 is 10.6 Å². The first-order chi connectivity index (χ1) is 12.7. The molecule has 27 heavy (non-hydrogen) atoms. The van der Waals surface area contributed by atoms with Crippen LogP contribution in [-0.2, 0) is 13.1 Å². The summed E-state index contributed by atoms with van der Waals surface area (Å²) in [4.78, 5) is 12.8. The van der Waals surface area contributed by atoms with Crippen molar-refractivity contribution in [1.82, 2.24) is 25.2 Å². The molecule has 1 aromatic carbocycles. The molecule has 0 fully saturated rings. The highest BCUT2D eigenvalue weighted by atomic mass is 127. The maximum absolute atomic E-state index is 13.7. The van der Waals surface area contributed by atoms with Crippen molar-refractivity contribution in [1.29, 1.82) is 0 Å². The third kappa shape index (κ3) is 5.49. The number of imidazole rings is 1. The molecule has 2 heterocycles. The molecule has 0 aliphatic heterocycles. The van der Waals surface area contributed by atoms with E-state index < -0.39 is 0 Å². The Morgan fingerprint density at radius 1 is 1.11 bits per heavy atom. The van der Waals surface area contributed by atoms with Crippen molar-refractivity contribution < 1.29 is 4.39 Å². The van der Waals surface area contributed by atoms with Gasteiger partial charge < -0.3 is 10.6 Å². The SMILES string of the molecule is CN=C(NCc1ccc(-n2ccnc2C)nc1)NCc1ccccc1F.I. The van der Waals surface area contributed by atoms with Crippen LogP contribution >= 0.6 is 24.0 Å². The summed E-state index contributed by atoms with van der Waals surface area (Å²) in [6.45, 7) is 2.86. The predicted octanol–water partition coefficient (Wildman–Crippen LogP) is 3.20. The molecule has 142 valence electrons. The van der Waals surface area contributed by atoms with Gasteiger partial charge in [0.2, 0.25) is 0 Å². The van der Waals surface area contributed by atoms with Crippen LogP contribution in [0.5, 0.6) is 0 Å². The zero-order valence-electron chi connectivity index (χ0n) is 15.2. The quantitative estimate of drug-likeness (QED) is 0.335. The Hall–Kier alpha value is -2.49. The fraction of sp³-hybridized carbons (Fsp3) is 0.211. The highest BCUT2D eigenvalue weighted by Gasteiger charge is 2.04. The van der Waals surface area contributed by atoms with Crippen molar-refractivity contribution in [2.45, 2.75) is 20.0 Å². The third-order valence-electron chi connectivity index (χ3n) is 3.97. The fourth-order valence-corrected chi connectivity index (χ4v) is 2.51. The molecule has 8 heteroatoms. The molecule has 0 atom stereocenters. The van der Waals surface area contributed by atoms with Crippen LogP contribution in [0.1, 0.15) is 17.0 Å². The van der Waals surface area contributed by atoms with Gasteiger partial charge in [0.15, 0.2) is 5.96 Å². The fourth-order valence-electron chi connectivity index (χ4n) is 2.51. The first-order valence-corrected chi connectivity index (χ1v) is 8.30. The molecule has 3 rings (SSSR count). The zero-order chi connectivity index (χ0) is 18.4. The topological polar surface area (TPSA) is 67.1 Å². The van der Waals surface area contributed by atoms with Gasteiger partial charge in [0, 0.05) is 44.3 Å². The lowest BCUT2D eigenvalue weighted by Gasteiger charge is -2.12. The number of rotatable bonds is 5. The molecular weight excluding hydrogens is 458 g/mol. The Morgan fingerprint density at radius 2 is 1.89 bits per heavy atom. The van der Waals surface area contributed by atoms with Crippen molar-refractivity contribution in [2.75, 3.05) is 7.05 Å². The van der Waals surface area contributed by atoms with Crippen molar-refractivity contribution in [3.05, 3.63) is 77.8 Å². The minimum absolute atomic E-state index is 0. The van der Waals surface area contributed by atoms with Crippen LogP contribution in [0.25, 0.3) is 5.82 Å². The lowest BCUT2D eigenvalue weighted by molar-refractivity contribution is 0.604. The second-order valence-electron chi connectivity index (χ2n) is 5.74. The van der Waals surface area contributed by atoms with Crippen LogP contribution in [-0.4, -0.2) is 27.5 Å². The van der Waals surface area contributed by atoms with Crippen LogP contribution in [0, 0.1) is 12.7 Å². The van der Waals surface area contributed by atoms with Crippen molar-refractivity contribution in [3.8, 4) is 5.82 Å². The molecule has 0 saturated heterocycles. The Labute approximate surface area is 175 Å². The van der Waals surface area contributed by atoms with Gasteiger partial charge >= 0.3 is 0 Å². The number of aromatic nitrogens is 3. The van der Waals surface area contributed by atoms with E-state index in [4.69, 9.17) is 0 Å².